The summed E-state index contributed by atoms with van der Waals surface area (Å²) in [5.41, 5.74) is 9.98. The second-order valence-electron chi connectivity index (χ2n) is 9.51. The molecule has 4 saturated carbocycles. The number of aliphatic hydroxyl groups excluding tert-OH is 1. The van der Waals surface area contributed by atoms with E-state index in [1.807, 2.05) is 6.20 Å². The van der Waals surface area contributed by atoms with E-state index < -0.39 is 0 Å². The minimum atomic E-state index is -0.248. The summed E-state index contributed by atoms with van der Waals surface area (Å²) < 4.78 is 2.15. The molecule has 2 heterocycles. The van der Waals surface area contributed by atoms with Crippen LogP contribution in [0.25, 0.3) is 11.3 Å². The molecule has 4 aliphatic carbocycles. The Morgan fingerprint density at radius 2 is 1.77 bits per heavy atom. The van der Waals surface area contributed by atoms with E-state index in [1.165, 1.54) is 49.7 Å². The fraction of sp³-hybridized carbons (Fsp3) is 0.591. The average Bonchev–Trinajstić information content (AvgIpc) is 3.13. The van der Waals surface area contributed by atoms with Crippen LogP contribution in [-0.2, 0) is 0 Å². The highest BCUT2D eigenvalue weighted by atomic mass is 16.3. The van der Waals surface area contributed by atoms with E-state index in [0.29, 0.717) is 5.95 Å². The van der Waals surface area contributed by atoms with Gasteiger partial charge in [0.25, 0.3) is 0 Å². The molecule has 136 valence electrons. The molecule has 2 aromatic rings. The maximum Gasteiger partial charge on any atom is 0.201 e. The Morgan fingerprint density at radius 3 is 2.46 bits per heavy atom. The number of nitrogens with two attached hydrogens (primary N) is 1. The first-order chi connectivity index (χ1) is 12.6. The summed E-state index contributed by atoms with van der Waals surface area (Å²) in [5, 5.41) is 11.5. The van der Waals surface area contributed by atoms with Crippen molar-refractivity contribution < 1.29 is 5.11 Å². The summed E-state index contributed by atoms with van der Waals surface area (Å²) in [5.74, 6) is 3.15. The number of fused-ring (bicyclic) bond motifs is 3. The number of hydrogen-bond acceptors (Lipinski definition) is 3. The molecule has 1 aliphatic heterocycles. The predicted octanol–water partition coefficient (Wildman–Crippen LogP) is 4.00. The van der Waals surface area contributed by atoms with Crippen LogP contribution in [-0.4, -0.2) is 20.8 Å². The molecule has 1 aromatic carbocycles. The Bertz CT molecular complexity index is 835. The van der Waals surface area contributed by atoms with Crippen molar-refractivity contribution in [1.82, 2.24) is 9.55 Å². The number of nitrogens with zero attached hydrogens (tertiary/aromatic N) is 2. The molecule has 2 unspecified atom stereocenters. The summed E-state index contributed by atoms with van der Waals surface area (Å²) in [4.78, 5) is 4.35. The minimum Gasteiger partial charge on any atom is -0.392 e. The van der Waals surface area contributed by atoms with Gasteiger partial charge < -0.3 is 15.4 Å². The zero-order valence-electron chi connectivity index (χ0n) is 15.1. The van der Waals surface area contributed by atoms with Gasteiger partial charge in [-0.1, -0.05) is 24.3 Å². The highest BCUT2D eigenvalue weighted by molar-refractivity contribution is 5.71. The zero-order chi connectivity index (χ0) is 17.5. The molecular weight excluding hydrogens is 322 g/mol. The van der Waals surface area contributed by atoms with Crippen molar-refractivity contribution in [3.8, 4) is 11.3 Å². The number of benzene rings is 1. The van der Waals surface area contributed by atoms with Crippen LogP contribution >= 0.6 is 0 Å². The highest BCUT2D eigenvalue weighted by Gasteiger charge is 2.54. The number of nitrogen functional groups attached to an aromatic ring is 1. The lowest BCUT2D eigenvalue weighted by molar-refractivity contribution is -0.124. The van der Waals surface area contributed by atoms with Crippen molar-refractivity contribution in [2.45, 2.75) is 57.1 Å². The second kappa shape index (κ2) is 5.13. The van der Waals surface area contributed by atoms with Gasteiger partial charge in [0.05, 0.1) is 24.0 Å². The van der Waals surface area contributed by atoms with Crippen molar-refractivity contribution in [1.29, 1.82) is 0 Å². The molecule has 4 fully saturated rings. The van der Waals surface area contributed by atoms with Crippen LogP contribution in [0.2, 0.25) is 0 Å². The van der Waals surface area contributed by atoms with Gasteiger partial charge in [0, 0.05) is 5.56 Å². The quantitative estimate of drug-likeness (QED) is 0.880. The monoisotopic (exact) mass is 349 g/mol. The number of anilines is 1. The lowest BCUT2D eigenvalue weighted by atomic mass is 9.48. The van der Waals surface area contributed by atoms with E-state index in [9.17, 15) is 5.11 Å². The topological polar surface area (TPSA) is 64.1 Å². The van der Waals surface area contributed by atoms with Gasteiger partial charge in [-0.25, -0.2) is 4.98 Å². The van der Waals surface area contributed by atoms with Gasteiger partial charge in [0.2, 0.25) is 5.95 Å². The van der Waals surface area contributed by atoms with Crippen molar-refractivity contribution in [2.24, 2.45) is 23.2 Å². The van der Waals surface area contributed by atoms with Crippen LogP contribution in [0, 0.1) is 23.2 Å². The van der Waals surface area contributed by atoms with E-state index >= 15 is 0 Å². The Kier molecular flexibility index (Phi) is 3.01. The van der Waals surface area contributed by atoms with Gasteiger partial charge >= 0.3 is 0 Å². The summed E-state index contributed by atoms with van der Waals surface area (Å²) in [6, 6.07) is 8.63. The van der Waals surface area contributed by atoms with Crippen LogP contribution in [0.15, 0.2) is 30.5 Å². The molecule has 2 atom stereocenters. The molecule has 5 aliphatic rings. The molecule has 3 N–H and O–H groups in total. The molecule has 4 bridgehead atoms. The van der Waals surface area contributed by atoms with Crippen molar-refractivity contribution in [2.75, 3.05) is 5.73 Å². The second-order valence-corrected chi connectivity index (χ2v) is 9.51. The number of aromatic nitrogens is 2. The fourth-order valence-corrected chi connectivity index (χ4v) is 7.34. The van der Waals surface area contributed by atoms with E-state index in [-0.39, 0.29) is 17.6 Å². The molecule has 4 heteroatoms. The summed E-state index contributed by atoms with van der Waals surface area (Å²) in [7, 11) is 0. The zero-order valence-corrected chi connectivity index (χ0v) is 15.1. The van der Waals surface area contributed by atoms with E-state index in [2.05, 4.69) is 33.8 Å². The minimum absolute atomic E-state index is 0.117. The third-order valence-electron chi connectivity index (χ3n) is 7.97. The lowest BCUT2D eigenvalue weighted by Gasteiger charge is -2.58. The normalized spacial score (nSPS) is 37.6. The Labute approximate surface area is 154 Å². The first kappa shape index (κ1) is 15.3. The third kappa shape index (κ3) is 1.97. The van der Waals surface area contributed by atoms with Gasteiger partial charge in [-0.15, -0.1) is 0 Å². The van der Waals surface area contributed by atoms with Crippen LogP contribution in [0.4, 0.5) is 5.95 Å². The molecule has 0 amide bonds. The number of hydrogen-bond donors (Lipinski definition) is 2. The molecule has 4 nitrogen and oxygen atoms in total. The Hall–Kier alpha value is -1.81. The molecule has 7 rings (SSSR count). The largest absolute Gasteiger partial charge is 0.392 e. The molecule has 0 spiro atoms. The first-order valence-corrected chi connectivity index (χ1v) is 10.2. The van der Waals surface area contributed by atoms with Gasteiger partial charge in [-0.2, -0.15) is 0 Å². The van der Waals surface area contributed by atoms with Crippen LogP contribution in [0.3, 0.4) is 0 Å². The SMILES string of the molecule is Nc1ncc2n1C(CC(O)C13CC4CC(CC(C4)C1)C3)c1ccccc1-2. The average molecular weight is 349 g/mol. The highest BCUT2D eigenvalue weighted by Crippen LogP contribution is 2.62. The Balaban J connectivity index is 1.35. The number of aliphatic hydroxyl groups is 1. The van der Waals surface area contributed by atoms with Crippen molar-refractivity contribution in [3.05, 3.63) is 36.0 Å². The van der Waals surface area contributed by atoms with Gasteiger partial charge in [-0.05, 0) is 73.7 Å². The standard InChI is InChI=1S/C22H27N3O/c23-21-24-12-19-17-4-2-1-3-16(17)18(25(19)21)8-20(26)22-9-13-5-14(10-22)7-15(6-13)11-22/h1-4,12-15,18,20,26H,5-11H2,(H2,23,24). The number of imidazole rings is 1. The van der Waals surface area contributed by atoms with E-state index in [4.69, 9.17) is 5.73 Å². The summed E-state index contributed by atoms with van der Waals surface area (Å²) in [6.45, 7) is 0. The Morgan fingerprint density at radius 1 is 1.12 bits per heavy atom. The maximum atomic E-state index is 11.5. The predicted molar refractivity (Wildman–Crippen MR) is 101 cm³/mol. The molecule has 0 saturated heterocycles. The first-order valence-electron chi connectivity index (χ1n) is 10.2. The smallest absolute Gasteiger partial charge is 0.201 e. The van der Waals surface area contributed by atoms with Gasteiger partial charge in [-0.3, -0.25) is 0 Å². The third-order valence-corrected chi connectivity index (χ3v) is 7.97. The van der Waals surface area contributed by atoms with Crippen LogP contribution < -0.4 is 5.73 Å². The van der Waals surface area contributed by atoms with Crippen molar-refractivity contribution >= 4 is 5.95 Å². The molecular formula is C22H27N3O. The maximum absolute atomic E-state index is 11.5. The van der Waals surface area contributed by atoms with Crippen LogP contribution in [0.5, 0.6) is 0 Å². The molecule has 26 heavy (non-hydrogen) atoms. The van der Waals surface area contributed by atoms with Gasteiger partial charge in [0.1, 0.15) is 0 Å². The van der Waals surface area contributed by atoms with Crippen LogP contribution in [0.1, 0.15) is 56.6 Å². The fourth-order valence-electron chi connectivity index (χ4n) is 7.34. The van der Waals surface area contributed by atoms with Gasteiger partial charge in [0.15, 0.2) is 0 Å². The van der Waals surface area contributed by atoms with E-state index in [1.54, 1.807) is 0 Å². The lowest BCUT2D eigenvalue weighted by Crippen LogP contribution is -2.52. The molecule has 0 radical (unpaired) electrons. The van der Waals surface area contributed by atoms with E-state index in [0.717, 1.165) is 29.9 Å². The molecule has 1 aromatic heterocycles. The summed E-state index contributed by atoms with van der Waals surface area (Å²) in [6.07, 6.45) is 10.3. The number of rotatable bonds is 3. The summed E-state index contributed by atoms with van der Waals surface area (Å²) >= 11 is 0. The van der Waals surface area contributed by atoms with Crippen molar-refractivity contribution in [3.63, 3.8) is 0 Å².